The van der Waals surface area contributed by atoms with Crippen LogP contribution in [-0.2, 0) is 10.0 Å². The van der Waals surface area contributed by atoms with Crippen molar-refractivity contribution in [2.75, 3.05) is 0 Å². The van der Waals surface area contributed by atoms with Gasteiger partial charge in [-0.05, 0) is 6.92 Å². The van der Waals surface area contributed by atoms with Gasteiger partial charge >= 0.3 is 15.5 Å². The van der Waals surface area contributed by atoms with E-state index in [4.69, 9.17) is 0 Å². The third-order valence-corrected chi connectivity index (χ3v) is 2.05. The van der Waals surface area contributed by atoms with Gasteiger partial charge in [-0.1, -0.05) is 24.3 Å². The first-order chi connectivity index (χ1) is 6.70. The van der Waals surface area contributed by atoms with E-state index in [0.29, 0.717) is 6.08 Å². The quantitative estimate of drug-likeness (QED) is 0.416. The summed E-state index contributed by atoms with van der Waals surface area (Å²) in [7, 11) is -5.73. The number of hydrogen-bond acceptors (Lipinski definition) is 3. The summed E-state index contributed by atoms with van der Waals surface area (Å²) in [4.78, 5) is 0. The number of sulfonamides is 1. The highest BCUT2D eigenvalue weighted by atomic mass is 32.2. The molecule has 0 heterocycles. The van der Waals surface area contributed by atoms with Crippen molar-refractivity contribution < 1.29 is 26.7 Å². The van der Waals surface area contributed by atoms with Crippen LogP contribution in [0.1, 0.15) is 6.92 Å². The van der Waals surface area contributed by atoms with E-state index >= 15 is 0 Å². The summed E-state index contributed by atoms with van der Waals surface area (Å²) >= 11 is 0. The van der Waals surface area contributed by atoms with Gasteiger partial charge in [-0.25, -0.2) is 0 Å². The van der Waals surface area contributed by atoms with Gasteiger partial charge in [-0.15, -0.1) is 0 Å². The van der Waals surface area contributed by atoms with Crippen LogP contribution in [0.3, 0.4) is 0 Å². The van der Waals surface area contributed by atoms with Gasteiger partial charge in [0.25, 0.3) is 0 Å². The largest absolute Gasteiger partial charge is 0.858 e. The Morgan fingerprint density at radius 1 is 1.33 bits per heavy atom. The van der Waals surface area contributed by atoms with Crippen molar-refractivity contribution in [2.24, 2.45) is 4.40 Å². The lowest BCUT2D eigenvalue weighted by atomic mass is 10.4. The van der Waals surface area contributed by atoms with Gasteiger partial charge in [0.1, 0.15) is 0 Å². The Bertz CT molecular complexity index is 392. The fourth-order valence-electron chi connectivity index (χ4n) is 0.450. The Hall–Kier alpha value is -1.31. The first kappa shape index (κ1) is 13.7. The molecule has 0 aliphatic rings. The highest BCUT2D eigenvalue weighted by Crippen LogP contribution is 2.24. The van der Waals surface area contributed by atoms with Crippen LogP contribution in [0.15, 0.2) is 28.7 Å². The summed E-state index contributed by atoms with van der Waals surface area (Å²) < 4.78 is 57.8. The van der Waals surface area contributed by atoms with Gasteiger partial charge in [0.2, 0.25) is 0 Å². The first-order valence-electron chi connectivity index (χ1n) is 3.58. The maximum absolute atomic E-state index is 11.7. The van der Waals surface area contributed by atoms with Crippen LogP contribution < -0.4 is 5.11 Å². The van der Waals surface area contributed by atoms with Crippen molar-refractivity contribution >= 4 is 15.9 Å². The van der Waals surface area contributed by atoms with Gasteiger partial charge in [0.05, 0.1) is 0 Å². The molecule has 0 aromatic heterocycles. The van der Waals surface area contributed by atoms with Gasteiger partial charge < -0.3 is 5.11 Å². The van der Waals surface area contributed by atoms with Crippen LogP contribution in [0.25, 0.3) is 0 Å². The molecule has 0 saturated heterocycles. The topological polar surface area (TPSA) is 69.6 Å². The zero-order valence-electron chi connectivity index (χ0n) is 7.52. The summed E-state index contributed by atoms with van der Waals surface area (Å²) in [5.74, 6) is -1.48. The zero-order chi connectivity index (χ0) is 12.1. The van der Waals surface area contributed by atoms with Gasteiger partial charge in [0.15, 0.2) is 0 Å². The van der Waals surface area contributed by atoms with Crippen molar-refractivity contribution in [3.63, 3.8) is 0 Å². The third kappa shape index (κ3) is 4.63. The summed E-state index contributed by atoms with van der Waals surface area (Å²) in [5, 5.41) is 10.6. The number of hydrogen-bond donors (Lipinski definition) is 0. The van der Waals surface area contributed by atoms with E-state index in [9.17, 15) is 26.7 Å². The molecular weight excluding hydrogens is 235 g/mol. The Morgan fingerprint density at radius 3 is 2.27 bits per heavy atom. The van der Waals surface area contributed by atoms with Gasteiger partial charge in [-0.2, -0.15) is 26.0 Å². The molecule has 0 rings (SSSR count). The average Bonchev–Trinajstić information content (AvgIpc) is 2.01. The summed E-state index contributed by atoms with van der Waals surface area (Å²) in [6, 6.07) is 0. The van der Waals surface area contributed by atoms with Crippen LogP contribution in [0.2, 0.25) is 0 Å². The standard InChI is InChI=1S/C7H8F3NO3S/c1-2-3-4-5-6(12)11-15(13,14)7(8,9)10/h2-5H,1H3,(H,11,12)/p-1/b3-2+,5-4+. The lowest BCUT2D eigenvalue weighted by molar-refractivity contribution is -0.211. The summed E-state index contributed by atoms with van der Waals surface area (Å²) in [5.41, 5.74) is -5.54. The molecule has 4 nitrogen and oxygen atoms in total. The second-order valence-electron chi connectivity index (χ2n) is 2.24. The Balaban J connectivity index is 4.93. The molecule has 0 saturated carbocycles. The number of allylic oxidation sites excluding steroid dienone is 3. The summed E-state index contributed by atoms with van der Waals surface area (Å²) in [6.45, 7) is 1.61. The van der Waals surface area contributed by atoms with E-state index in [0.717, 1.165) is 6.08 Å². The van der Waals surface area contributed by atoms with Gasteiger partial charge in [0, 0.05) is 5.90 Å². The number of rotatable bonds is 3. The minimum atomic E-state index is -5.73. The monoisotopic (exact) mass is 242 g/mol. The molecule has 0 radical (unpaired) electrons. The highest BCUT2D eigenvalue weighted by molar-refractivity contribution is 7.91. The minimum Gasteiger partial charge on any atom is -0.858 e. The second-order valence-corrected chi connectivity index (χ2v) is 3.83. The molecule has 0 aliphatic carbocycles. The highest BCUT2D eigenvalue weighted by Gasteiger charge is 2.45. The Labute approximate surface area is 84.5 Å². The maximum atomic E-state index is 11.7. The number of alkyl halides is 3. The SMILES string of the molecule is C/C=C/C=C/C([O-])=N/S(=O)(=O)C(F)(F)F. The first-order valence-corrected chi connectivity index (χ1v) is 5.02. The van der Waals surface area contributed by atoms with Crippen LogP contribution in [0, 0.1) is 0 Å². The van der Waals surface area contributed by atoms with Crippen LogP contribution >= 0.6 is 0 Å². The smallest absolute Gasteiger partial charge is 0.518 e. The van der Waals surface area contributed by atoms with Crippen LogP contribution in [0.4, 0.5) is 13.2 Å². The predicted octanol–water partition coefficient (Wildman–Crippen LogP) is 0.727. The molecule has 0 spiro atoms. The molecule has 0 aromatic carbocycles. The molecule has 86 valence electrons. The minimum absolute atomic E-state index is 0.614. The second kappa shape index (κ2) is 4.96. The van der Waals surface area contributed by atoms with E-state index in [1.165, 1.54) is 12.2 Å². The van der Waals surface area contributed by atoms with E-state index in [2.05, 4.69) is 0 Å². The van der Waals surface area contributed by atoms with E-state index in [-0.39, 0.29) is 0 Å². The van der Waals surface area contributed by atoms with Crippen molar-refractivity contribution in [3.8, 4) is 0 Å². The number of nitrogens with zero attached hydrogens (tertiary/aromatic N) is 1. The third-order valence-electron chi connectivity index (χ3n) is 1.05. The Kier molecular flexibility index (Phi) is 4.53. The van der Waals surface area contributed by atoms with Gasteiger partial charge in [-0.3, -0.25) is 0 Å². The molecular formula is C7H7F3NO3S-. The van der Waals surface area contributed by atoms with Crippen molar-refractivity contribution in [1.82, 2.24) is 0 Å². The number of halogens is 3. The molecule has 0 bridgehead atoms. The lowest BCUT2D eigenvalue weighted by Gasteiger charge is -2.07. The molecule has 0 amide bonds. The molecule has 0 N–H and O–H groups in total. The maximum Gasteiger partial charge on any atom is 0.518 e. The molecule has 0 aromatic rings. The van der Waals surface area contributed by atoms with Crippen LogP contribution in [-0.4, -0.2) is 19.8 Å². The summed E-state index contributed by atoms with van der Waals surface area (Å²) in [6.07, 6.45) is 4.54. The average molecular weight is 242 g/mol. The molecule has 8 heteroatoms. The molecule has 0 fully saturated rings. The molecule has 0 unspecified atom stereocenters. The fraction of sp³-hybridized carbons (Fsp3) is 0.286. The van der Waals surface area contributed by atoms with Crippen LogP contribution in [0.5, 0.6) is 0 Å². The molecule has 15 heavy (non-hydrogen) atoms. The fourth-order valence-corrected chi connectivity index (χ4v) is 0.851. The van der Waals surface area contributed by atoms with Crippen molar-refractivity contribution in [2.45, 2.75) is 12.4 Å². The van der Waals surface area contributed by atoms with Crippen molar-refractivity contribution in [1.29, 1.82) is 0 Å². The molecule has 0 atom stereocenters. The lowest BCUT2D eigenvalue weighted by Crippen LogP contribution is -2.25. The van der Waals surface area contributed by atoms with Crippen molar-refractivity contribution in [3.05, 3.63) is 24.3 Å². The van der Waals surface area contributed by atoms with E-state index < -0.39 is 21.4 Å². The van der Waals surface area contributed by atoms with E-state index in [1.807, 2.05) is 4.40 Å². The Morgan fingerprint density at radius 2 is 1.87 bits per heavy atom. The predicted molar refractivity (Wildman–Crippen MR) is 46.4 cm³/mol. The molecule has 0 aliphatic heterocycles. The zero-order valence-corrected chi connectivity index (χ0v) is 8.34. The van der Waals surface area contributed by atoms with E-state index in [1.54, 1.807) is 6.92 Å². The normalized spacial score (nSPS) is 15.3.